The highest BCUT2D eigenvalue weighted by atomic mass is 19.4. The molecular weight excluding hydrogens is 451 g/mol. The number of Topliss-reactive ketones (excluding diaryl/α,β-unsaturated/α-hetero) is 1. The number of alkyl halides is 3. The molecule has 7 nitrogen and oxygen atoms in total. The molecule has 34 heavy (non-hydrogen) atoms. The molecule has 2 aromatic carbocycles. The van der Waals surface area contributed by atoms with Gasteiger partial charge in [0, 0.05) is 28.0 Å². The number of carbonyl (C=O) groups excluding carboxylic acids is 2. The third kappa shape index (κ3) is 4.21. The smallest absolute Gasteiger partial charge is 0.416 e. The van der Waals surface area contributed by atoms with Crippen LogP contribution in [0, 0.1) is 13.8 Å². The Morgan fingerprint density at radius 1 is 1.03 bits per heavy atom. The molecule has 174 valence electrons. The maximum absolute atomic E-state index is 13.1. The number of nitrogens with zero attached hydrogens (tertiary/aromatic N) is 2. The molecule has 0 radical (unpaired) electrons. The Morgan fingerprint density at radius 3 is 2.44 bits per heavy atom. The Balaban J connectivity index is 1.57. The van der Waals surface area contributed by atoms with Crippen molar-refractivity contribution in [3.8, 4) is 5.69 Å². The fraction of sp³-hybridized carbons (Fsp3) is 0.167. The highest BCUT2D eigenvalue weighted by molar-refractivity contribution is 6.04. The SMILES string of the molecule is Cc1cc(C(=O)COC(=O)c2n[nH]c(=O)c3ccccc23)c(C)n1-c1cccc(C(F)(F)F)c1. The van der Waals surface area contributed by atoms with Gasteiger partial charge in [-0.05, 0) is 44.2 Å². The lowest BCUT2D eigenvalue weighted by Crippen LogP contribution is -2.19. The van der Waals surface area contributed by atoms with Gasteiger partial charge in [0.05, 0.1) is 10.9 Å². The van der Waals surface area contributed by atoms with Crippen molar-refractivity contribution in [3.63, 3.8) is 0 Å². The normalized spacial score (nSPS) is 11.6. The third-order valence-corrected chi connectivity index (χ3v) is 5.39. The number of esters is 1. The van der Waals surface area contributed by atoms with Crippen LogP contribution in [-0.4, -0.2) is 33.1 Å². The van der Waals surface area contributed by atoms with E-state index in [0.29, 0.717) is 11.4 Å². The summed E-state index contributed by atoms with van der Waals surface area (Å²) in [5.41, 5.74) is -0.000282. The number of nitrogens with one attached hydrogen (secondary N) is 1. The summed E-state index contributed by atoms with van der Waals surface area (Å²) < 4.78 is 46.0. The number of fused-ring (bicyclic) bond motifs is 1. The van der Waals surface area contributed by atoms with Crippen LogP contribution < -0.4 is 5.56 Å². The average molecular weight is 469 g/mol. The Hall–Kier alpha value is -4.21. The molecule has 4 aromatic rings. The van der Waals surface area contributed by atoms with Gasteiger partial charge in [-0.2, -0.15) is 18.3 Å². The predicted octanol–water partition coefficient (Wildman–Crippen LogP) is 4.39. The van der Waals surface area contributed by atoms with Gasteiger partial charge in [0.25, 0.3) is 5.56 Å². The number of halogens is 3. The molecule has 2 aromatic heterocycles. The van der Waals surface area contributed by atoms with Crippen molar-refractivity contribution >= 4 is 22.5 Å². The Morgan fingerprint density at radius 2 is 1.74 bits per heavy atom. The number of benzene rings is 2. The number of H-pyrrole nitrogens is 1. The largest absolute Gasteiger partial charge is 0.452 e. The van der Waals surface area contributed by atoms with Crippen molar-refractivity contribution in [1.82, 2.24) is 14.8 Å². The molecule has 0 saturated carbocycles. The molecule has 0 unspecified atom stereocenters. The molecular formula is C24H18F3N3O4. The van der Waals surface area contributed by atoms with Crippen LogP contribution >= 0.6 is 0 Å². The van der Waals surface area contributed by atoms with Crippen LogP contribution in [0.3, 0.4) is 0 Å². The number of aromatic nitrogens is 3. The number of ketones is 1. The van der Waals surface area contributed by atoms with E-state index in [4.69, 9.17) is 4.74 Å². The summed E-state index contributed by atoms with van der Waals surface area (Å²) >= 11 is 0. The fourth-order valence-corrected chi connectivity index (χ4v) is 3.81. The minimum atomic E-state index is -4.50. The van der Waals surface area contributed by atoms with Crippen LogP contribution in [0.1, 0.15) is 37.8 Å². The average Bonchev–Trinajstić information content (AvgIpc) is 3.11. The van der Waals surface area contributed by atoms with Gasteiger partial charge < -0.3 is 9.30 Å². The zero-order chi connectivity index (χ0) is 24.6. The second kappa shape index (κ2) is 8.62. The molecule has 0 aliphatic heterocycles. The molecule has 0 saturated heterocycles. The number of rotatable bonds is 5. The first kappa shape index (κ1) is 23.0. The van der Waals surface area contributed by atoms with E-state index >= 15 is 0 Å². The molecule has 10 heteroatoms. The summed E-state index contributed by atoms with van der Waals surface area (Å²) in [6, 6.07) is 12.6. The number of hydrogen-bond donors (Lipinski definition) is 1. The maximum Gasteiger partial charge on any atom is 0.416 e. The van der Waals surface area contributed by atoms with Gasteiger partial charge in [-0.3, -0.25) is 9.59 Å². The minimum absolute atomic E-state index is 0.141. The molecule has 0 bridgehead atoms. The third-order valence-electron chi connectivity index (χ3n) is 5.39. The predicted molar refractivity (Wildman–Crippen MR) is 117 cm³/mol. The minimum Gasteiger partial charge on any atom is -0.452 e. The van der Waals surface area contributed by atoms with E-state index in [1.807, 2.05) is 0 Å². The highest BCUT2D eigenvalue weighted by Gasteiger charge is 2.31. The van der Waals surface area contributed by atoms with Crippen LogP contribution in [0.15, 0.2) is 59.4 Å². The first-order chi connectivity index (χ1) is 16.1. The van der Waals surface area contributed by atoms with Crippen molar-refractivity contribution in [2.75, 3.05) is 6.61 Å². The lowest BCUT2D eigenvalue weighted by molar-refractivity contribution is -0.137. The van der Waals surface area contributed by atoms with Gasteiger partial charge in [0.1, 0.15) is 0 Å². The first-order valence-electron chi connectivity index (χ1n) is 10.1. The molecule has 0 atom stereocenters. The summed E-state index contributed by atoms with van der Waals surface area (Å²) in [6.07, 6.45) is -4.50. The Labute approximate surface area is 190 Å². The van der Waals surface area contributed by atoms with E-state index in [-0.39, 0.29) is 27.7 Å². The lowest BCUT2D eigenvalue weighted by Gasteiger charge is -2.13. The molecule has 0 fully saturated rings. The summed E-state index contributed by atoms with van der Waals surface area (Å²) in [4.78, 5) is 37.2. The number of hydrogen-bond acceptors (Lipinski definition) is 5. The standard InChI is InChI=1S/C24H18F3N3O4/c1-13-10-19(14(2)30(13)16-7-5-6-15(11-16)24(25,26)27)20(31)12-34-23(33)21-17-8-3-4-9-18(17)22(32)29-28-21/h3-11H,12H2,1-2H3,(H,29,32). The van der Waals surface area contributed by atoms with Crippen LogP contribution in [0.25, 0.3) is 16.5 Å². The second-order valence-electron chi connectivity index (χ2n) is 7.61. The highest BCUT2D eigenvalue weighted by Crippen LogP contribution is 2.31. The van der Waals surface area contributed by atoms with Crippen molar-refractivity contribution in [2.45, 2.75) is 20.0 Å². The van der Waals surface area contributed by atoms with Crippen molar-refractivity contribution in [3.05, 3.63) is 93.2 Å². The van der Waals surface area contributed by atoms with Crippen molar-refractivity contribution < 1.29 is 27.5 Å². The summed E-state index contributed by atoms with van der Waals surface area (Å²) in [5, 5.41) is 6.50. The van der Waals surface area contributed by atoms with Gasteiger partial charge in [-0.25, -0.2) is 9.89 Å². The number of carbonyl (C=O) groups is 2. The quantitative estimate of drug-likeness (QED) is 0.346. The van der Waals surface area contributed by atoms with Crippen molar-refractivity contribution in [1.29, 1.82) is 0 Å². The number of aromatic amines is 1. The van der Waals surface area contributed by atoms with Crippen LogP contribution in [-0.2, 0) is 10.9 Å². The van der Waals surface area contributed by atoms with Crippen molar-refractivity contribution in [2.24, 2.45) is 0 Å². The van der Waals surface area contributed by atoms with E-state index in [0.717, 1.165) is 12.1 Å². The summed E-state index contributed by atoms with van der Waals surface area (Å²) in [5.74, 6) is -1.43. The Kier molecular flexibility index (Phi) is 5.82. The lowest BCUT2D eigenvalue weighted by atomic mass is 10.1. The zero-order valence-corrected chi connectivity index (χ0v) is 18.1. The van der Waals surface area contributed by atoms with Gasteiger partial charge in [0.2, 0.25) is 5.78 Å². The van der Waals surface area contributed by atoms with Gasteiger partial charge >= 0.3 is 12.1 Å². The molecule has 0 amide bonds. The number of aryl methyl sites for hydroxylation is 1. The summed E-state index contributed by atoms with van der Waals surface area (Å²) in [7, 11) is 0. The molecule has 2 heterocycles. The van der Waals surface area contributed by atoms with Crippen LogP contribution in [0.5, 0.6) is 0 Å². The van der Waals surface area contributed by atoms with E-state index in [2.05, 4.69) is 10.2 Å². The van der Waals surface area contributed by atoms with E-state index in [9.17, 15) is 27.6 Å². The van der Waals surface area contributed by atoms with E-state index in [1.165, 1.54) is 28.8 Å². The maximum atomic E-state index is 13.1. The Bertz CT molecular complexity index is 1490. The molecule has 0 spiro atoms. The monoisotopic (exact) mass is 469 g/mol. The van der Waals surface area contributed by atoms with Gasteiger partial charge in [0.15, 0.2) is 12.3 Å². The molecule has 4 rings (SSSR count). The fourth-order valence-electron chi connectivity index (χ4n) is 3.81. The van der Waals surface area contributed by atoms with E-state index in [1.54, 1.807) is 32.0 Å². The first-order valence-corrected chi connectivity index (χ1v) is 10.1. The van der Waals surface area contributed by atoms with Gasteiger partial charge in [-0.1, -0.05) is 24.3 Å². The van der Waals surface area contributed by atoms with E-state index < -0.39 is 35.7 Å². The van der Waals surface area contributed by atoms with Crippen LogP contribution in [0.2, 0.25) is 0 Å². The zero-order valence-electron chi connectivity index (χ0n) is 18.1. The van der Waals surface area contributed by atoms with Crippen LogP contribution in [0.4, 0.5) is 13.2 Å². The number of ether oxygens (including phenoxy) is 1. The topological polar surface area (TPSA) is 94.1 Å². The second-order valence-corrected chi connectivity index (χ2v) is 7.61. The summed E-state index contributed by atoms with van der Waals surface area (Å²) in [6.45, 7) is 2.65. The molecule has 0 aliphatic rings. The molecule has 1 N–H and O–H groups in total. The van der Waals surface area contributed by atoms with Gasteiger partial charge in [-0.15, -0.1) is 0 Å². The molecule has 0 aliphatic carbocycles.